The van der Waals surface area contributed by atoms with Crippen LogP contribution in [0.3, 0.4) is 0 Å². The molecule has 1 fully saturated rings. The Morgan fingerprint density at radius 3 is 2.90 bits per heavy atom. The third-order valence-electron chi connectivity index (χ3n) is 3.87. The van der Waals surface area contributed by atoms with Crippen LogP contribution in [0.1, 0.15) is 32.3 Å². The van der Waals surface area contributed by atoms with Crippen molar-refractivity contribution in [3.63, 3.8) is 0 Å². The standard InChI is InChI=1S/C16H24N2O2/c1-12(2)16-14(7-10-20-16)11-18-15(19)4-3-13-5-8-17-9-6-13/h5-6,8-9,12,14,16H,3-4,7,10-11H2,1-2H3,(H,18,19)/t14-,16-/m1/s1. The summed E-state index contributed by atoms with van der Waals surface area (Å²) in [6.07, 6.45) is 6.16. The Bertz CT molecular complexity index is 420. The van der Waals surface area contributed by atoms with Crippen LogP contribution in [0.5, 0.6) is 0 Å². The number of aromatic nitrogens is 1. The number of nitrogens with one attached hydrogen (secondary N) is 1. The van der Waals surface area contributed by atoms with Crippen molar-refractivity contribution >= 4 is 5.91 Å². The van der Waals surface area contributed by atoms with Crippen molar-refractivity contribution in [3.8, 4) is 0 Å². The molecule has 1 aromatic heterocycles. The van der Waals surface area contributed by atoms with Crippen LogP contribution in [-0.2, 0) is 16.0 Å². The molecule has 110 valence electrons. The van der Waals surface area contributed by atoms with Gasteiger partial charge in [0.15, 0.2) is 0 Å². The minimum atomic E-state index is 0.121. The minimum absolute atomic E-state index is 0.121. The van der Waals surface area contributed by atoms with E-state index in [9.17, 15) is 4.79 Å². The maximum absolute atomic E-state index is 11.9. The number of ether oxygens (including phenoxy) is 1. The largest absolute Gasteiger partial charge is 0.378 e. The fourth-order valence-corrected chi connectivity index (χ4v) is 2.75. The predicted molar refractivity (Wildman–Crippen MR) is 78.3 cm³/mol. The van der Waals surface area contributed by atoms with E-state index < -0.39 is 0 Å². The van der Waals surface area contributed by atoms with Gasteiger partial charge in [-0.3, -0.25) is 9.78 Å². The fraction of sp³-hybridized carbons (Fsp3) is 0.625. The summed E-state index contributed by atoms with van der Waals surface area (Å²) >= 11 is 0. The second kappa shape index (κ2) is 7.39. The van der Waals surface area contributed by atoms with Crippen LogP contribution in [0.2, 0.25) is 0 Å². The van der Waals surface area contributed by atoms with Gasteiger partial charge in [-0.25, -0.2) is 0 Å². The monoisotopic (exact) mass is 276 g/mol. The van der Waals surface area contributed by atoms with Crippen LogP contribution in [-0.4, -0.2) is 30.1 Å². The molecule has 0 unspecified atom stereocenters. The third-order valence-corrected chi connectivity index (χ3v) is 3.87. The first kappa shape index (κ1) is 15.0. The lowest BCUT2D eigenvalue weighted by Gasteiger charge is -2.22. The maximum Gasteiger partial charge on any atom is 0.220 e. The zero-order valence-corrected chi connectivity index (χ0v) is 12.3. The van der Waals surface area contributed by atoms with Gasteiger partial charge in [0.1, 0.15) is 0 Å². The number of pyridine rings is 1. The zero-order chi connectivity index (χ0) is 14.4. The molecule has 1 saturated heterocycles. The van der Waals surface area contributed by atoms with Gasteiger partial charge in [0, 0.05) is 37.9 Å². The molecule has 1 aliphatic rings. The topological polar surface area (TPSA) is 51.2 Å². The highest BCUT2D eigenvalue weighted by Crippen LogP contribution is 2.26. The predicted octanol–water partition coefficient (Wildman–Crippen LogP) is 2.19. The maximum atomic E-state index is 11.9. The summed E-state index contributed by atoms with van der Waals surface area (Å²) in [4.78, 5) is 15.9. The molecule has 0 aromatic carbocycles. The van der Waals surface area contributed by atoms with Crippen LogP contribution in [0, 0.1) is 11.8 Å². The average Bonchev–Trinajstić information content (AvgIpc) is 2.92. The van der Waals surface area contributed by atoms with E-state index in [1.165, 1.54) is 0 Å². The van der Waals surface area contributed by atoms with Crippen molar-refractivity contribution in [2.45, 2.75) is 39.2 Å². The Morgan fingerprint density at radius 2 is 2.20 bits per heavy atom. The average molecular weight is 276 g/mol. The molecule has 1 aliphatic heterocycles. The van der Waals surface area contributed by atoms with Crippen molar-refractivity contribution in [2.75, 3.05) is 13.2 Å². The SMILES string of the molecule is CC(C)[C@H]1OCC[C@@H]1CNC(=O)CCc1ccncc1. The number of hydrogen-bond donors (Lipinski definition) is 1. The first-order valence-corrected chi connectivity index (χ1v) is 7.44. The molecular weight excluding hydrogens is 252 g/mol. The van der Waals surface area contributed by atoms with Crippen molar-refractivity contribution in [3.05, 3.63) is 30.1 Å². The molecule has 2 atom stereocenters. The molecule has 0 radical (unpaired) electrons. The van der Waals surface area contributed by atoms with E-state index in [1.807, 2.05) is 12.1 Å². The lowest BCUT2D eigenvalue weighted by Crippen LogP contribution is -2.35. The molecule has 1 N–H and O–H groups in total. The number of carbonyl (C=O) groups is 1. The van der Waals surface area contributed by atoms with E-state index >= 15 is 0 Å². The highest BCUT2D eigenvalue weighted by Gasteiger charge is 2.30. The van der Waals surface area contributed by atoms with Gasteiger partial charge in [0.2, 0.25) is 5.91 Å². The molecule has 0 saturated carbocycles. The van der Waals surface area contributed by atoms with Gasteiger partial charge < -0.3 is 10.1 Å². The van der Waals surface area contributed by atoms with Gasteiger partial charge in [-0.05, 0) is 36.5 Å². The van der Waals surface area contributed by atoms with Crippen molar-refractivity contribution in [1.29, 1.82) is 0 Å². The fourth-order valence-electron chi connectivity index (χ4n) is 2.75. The van der Waals surface area contributed by atoms with Crippen LogP contribution >= 0.6 is 0 Å². The third kappa shape index (κ3) is 4.30. The zero-order valence-electron chi connectivity index (χ0n) is 12.3. The molecule has 2 rings (SSSR count). The number of hydrogen-bond acceptors (Lipinski definition) is 3. The van der Waals surface area contributed by atoms with Crippen molar-refractivity contribution in [2.24, 2.45) is 11.8 Å². The summed E-state index contributed by atoms with van der Waals surface area (Å²) in [5.74, 6) is 1.09. The number of carbonyl (C=O) groups excluding carboxylic acids is 1. The van der Waals surface area contributed by atoms with E-state index in [0.29, 0.717) is 18.3 Å². The van der Waals surface area contributed by atoms with Gasteiger partial charge in [-0.2, -0.15) is 0 Å². The van der Waals surface area contributed by atoms with Gasteiger partial charge >= 0.3 is 0 Å². The van der Waals surface area contributed by atoms with Gasteiger partial charge in [-0.15, -0.1) is 0 Å². The van der Waals surface area contributed by atoms with E-state index in [4.69, 9.17) is 4.74 Å². The molecule has 0 spiro atoms. The first-order chi connectivity index (χ1) is 9.66. The molecule has 20 heavy (non-hydrogen) atoms. The van der Waals surface area contributed by atoms with Crippen LogP contribution in [0.15, 0.2) is 24.5 Å². The Balaban J connectivity index is 1.70. The number of rotatable bonds is 6. The molecule has 0 bridgehead atoms. The number of aryl methyl sites for hydroxylation is 1. The molecule has 4 nitrogen and oxygen atoms in total. The summed E-state index contributed by atoms with van der Waals surface area (Å²) in [6, 6.07) is 3.90. The van der Waals surface area contributed by atoms with Crippen LogP contribution in [0.25, 0.3) is 0 Å². The van der Waals surface area contributed by atoms with Crippen LogP contribution in [0.4, 0.5) is 0 Å². The second-order valence-electron chi connectivity index (χ2n) is 5.79. The Kier molecular flexibility index (Phi) is 5.53. The lowest BCUT2D eigenvalue weighted by molar-refractivity contribution is -0.121. The highest BCUT2D eigenvalue weighted by atomic mass is 16.5. The Labute approximate surface area is 120 Å². The van der Waals surface area contributed by atoms with Gasteiger partial charge in [0.25, 0.3) is 0 Å². The summed E-state index contributed by atoms with van der Waals surface area (Å²) < 4.78 is 5.73. The van der Waals surface area contributed by atoms with Crippen molar-refractivity contribution < 1.29 is 9.53 Å². The molecule has 1 aromatic rings. The molecule has 1 amide bonds. The normalized spacial score (nSPS) is 22.1. The van der Waals surface area contributed by atoms with Gasteiger partial charge in [-0.1, -0.05) is 13.8 Å². The summed E-state index contributed by atoms with van der Waals surface area (Å²) in [7, 11) is 0. The molecule has 4 heteroatoms. The molecule has 0 aliphatic carbocycles. The van der Waals surface area contributed by atoms with Gasteiger partial charge in [0.05, 0.1) is 6.10 Å². The summed E-state index contributed by atoms with van der Waals surface area (Å²) in [5, 5.41) is 3.05. The number of amides is 1. The smallest absolute Gasteiger partial charge is 0.220 e. The Hall–Kier alpha value is -1.42. The Morgan fingerprint density at radius 1 is 1.45 bits per heavy atom. The van der Waals surface area contributed by atoms with E-state index in [1.54, 1.807) is 12.4 Å². The van der Waals surface area contributed by atoms with Crippen molar-refractivity contribution in [1.82, 2.24) is 10.3 Å². The highest BCUT2D eigenvalue weighted by molar-refractivity contribution is 5.76. The molecule has 2 heterocycles. The van der Waals surface area contributed by atoms with E-state index in [0.717, 1.165) is 31.6 Å². The van der Waals surface area contributed by atoms with Crippen LogP contribution < -0.4 is 5.32 Å². The minimum Gasteiger partial charge on any atom is -0.378 e. The first-order valence-electron chi connectivity index (χ1n) is 7.44. The van der Waals surface area contributed by atoms with E-state index in [-0.39, 0.29) is 12.0 Å². The number of nitrogens with zero attached hydrogens (tertiary/aromatic N) is 1. The molecular formula is C16H24N2O2. The van der Waals surface area contributed by atoms with E-state index in [2.05, 4.69) is 24.1 Å². The quantitative estimate of drug-likeness (QED) is 0.866. The summed E-state index contributed by atoms with van der Waals surface area (Å²) in [6.45, 7) is 5.90. The summed E-state index contributed by atoms with van der Waals surface area (Å²) in [5.41, 5.74) is 1.15. The lowest BCUT2D eigenvalue weighted by atomic mass is 9.93. The second-order valence-corrected chi connectivity index (χ2v) is 5.79.